The number of nitrogens with zero attached hydrogens (tertiary/aromatic N) is 1. The molecule has 1 aliphatic heterocycles. The van der Waals surface area contributed by atoms with Gasteiger partial charge in [-0.2, -0.15) is 0 Å². The molecule has 0 aliphatic carbocycles. The molecule has 0 spiro atoms. The van der Waals surface area contributed by atoms with Gasteiger partial charge in [0.05, 0.1) is 6.61 Å². The van der Waals surface area contributed by atoms with E-state index < -0.39 is 0 Å². The third kappa shape index (κ3) is 6.62. The molecular formula is C20H32N2O2. The van der Waals surface area contributed by atoms with Gasteiger partial charge >= 0.3 is 0 Å². The molecule has 0 aromatic heterocycles. The van der Waals surface area contributed by atoms with Crippen LogP contribution in [0.5, 0.6) is 0 Å². The van der Waals surface area contributed by atoms with Crippen LogP contribution >= 0.6 is 0 Å². The molecule has 1 atom stereocenters. The highest BCUT2D eigenvalue weighted by Crippen LogP contribution is 2.15. The van der Waals surface area contributed by atoms with Crippen molar-refractivity contribution in [1.82, 2.24) is 10.2 Å². The lowest BCUT2D eigenvalue weighted by Gasteiger charge is -2.33. The van der Waals surface area contributed by atoms with E-state index in [1.54, 1.807) is 7.11 Å². The van der Waals surface area contributed by atoms with Crippen LogP contribution in [-0.2, 0) is 22.5 Å². The quantitative estimate of drug-likeness (QED) is 0.796. The average molecular weight is 332 g/mol. The van der Waals surface area contributed by atoms with Crippen LogP contribution in [-0.4, -0.2) is 43.7 Å². The number of hydrogen-bond donors (Lipinski definition) is 1. The third-order valence-corrected chi connectivity index (χ3v) is 4.48. The molecule has 1 heterocycles. The topological polar surface area (TPSA) is 41.6 Å². The van der Waals surface area contributed by atoms with E-state index in [9.17, 15) is 4.79 Å². The van der Waals surface area contributed by atoms with Crippen molar-refractivity contribution in [2.24, 2.45) is 5.92 Å². The SMILES string of the molecule is COCCC(=O)NC1CCCN(Cc2ccc(CC(C)C)cc2)C1. The molecule has 0 bridgehead atoms. The van der Waals surface area contributed by atoms with Gasteiger partial charge in [-0.25, -0.2) is 0 Å². The number of likely N-dealkylation sites (tertiary alicyclic amines) is 1. The summed E-state index contributed by atoms with van der Waals surface area (Å²) in [5.41, 5.74) is 2.77. The standard InChI is InChI=1S/C20H32N2O2/c1-16(2)13-17-6-8-18(9-7-17)14-22-11-4-5-19(15-22)21-20(23)10-12-24-3/h6-9,16,19H,4-5,10-15H2,1-3H3,(H,21,23). The molecule has 2 rings (SSSR count). The average Bonchev–Trinajstić information content (AvgIpc) is 2.55. The van der Waals surface area contributed by atoms with Crippen molar-refractivity contribution in [2.45, 2.75) is 52.1 Å². The van der Waals surface area contributed by atoms with Gasteiger partial charge in [0.25, 0.3) is 0 Å². The molecule has 1 aromatic carbocycles. The number of ether oxygens (including phenoxy) is 1. The minimum atomic E-state index is 0.0988. The lowest BCUT2D eigenvalue weighted by molar-refractivity contribution is -0.123. The van der Waals surface area contributed by atoms with Crippen molar-refractivity contribution in [3.05, 3.63) is 35.4 Å². The maximum Gasteiger partial charge on any atom is 0.222 e. The van der Waals surface area contributed by atoms with Crippen molar-refractivity contribution in [1.29, 1.82) is 0 Å². The molecule has 0 saturated carbocycles. The molecule has 1 aliphatic rings. The first-order valence-corrected chi connectivity index (χ1v) is 9.15. The van der Waals surface area contributed by atoms with Gasteiger partial charge in [-0.3, -0.25) is 9.69 Å². The molecule has 1 unspecified atom stereocenters. The van der Waals surface area contributed by atoms with Crippen molar-refractivity contribution < 1.29 is 9.53 Å². The van der Waals surface area contributed by atoms with E-state index in [0.717, 1.165) is 38.9 Å². The number of benzene rings is 1. The third-order valence-electron chi connectivity index (χ3n) is 4.48. The van der Waals surface area contributed by atoms with Crippen LogP contribution in [0.15, 0.2) is 24.3 Å². The number of carbonyl (C=O) groups excluding carboxylic acids is 1. The smallest absolute Gasteiger partial charge is 0.222 e. The highest BCUT2D eigenvalue weighted by atomic mass is 16.5. The predicted octanol–water partition coefficient (Wildman–Crippen LogP) is 3.00. The Kier molecular flexibility index (Phi) is 7.73. The number of carbonyl (C=O) groups is 1. The minimum Gasteiger partial charge on any atom is -0.384 e. The largest absolute Gasteiger partial charge is 0.384 e. The molecule has 134 valence electrons. The molecule has 1 N–H and O–H groups in total. The number of amides is 1. The second-order valence-electron chi connectivity index (χ2n) is 7.30. The molecule has 1 aromatic rings. The van der Waals surface area contributed by atoms with Gasteiger partial charge < -0.3 is 10.1 Å². The molecular weight excluding hydrogens is 300 g/mol. The van der Waals surface area contributed by atoms with Crippen molar-refractivity contribution in [2.75, 3.05) is 26.8 Å². The van der Waals surface area contributed by atoms with E-state index in [2.05, 4.69) is 48.3 Å². The summed E-state index contributed by atoms with van der Waals surface area (Å²) in [7, 11) is 1.63. The van der Waals surface area contributed by atoms with E-state index in [0.29, 0.717) is 18.9 Å². The Morgan fingerprint density at radius 3 is 2.67 bits per heavy atom. The fourth-order valence-electron chi connectivity index (χ4n) is 3.32. The maximum atomic E-state index is 11.9. The summed E-state index contributed by atoms with van der Waals surface area (Å²) in [6, 6.07) is 9.27. The lowest BCUT2D eigenvalue weighted by Crippen LogP contribution is -2.47. The number of rotatable bonds is 8. The van der Waals surface area contributed by atoms with Crippen LogP contribution < -0.4 is 5.32 Å². The van der Waals surface area contributed by atoms with Gasteiger partial charge in [-0.15, -0.1) is 0 Å². The summed E-state index contributed by atoms with van der Waals surface area (Å²) in [5, 5.41) is 3.14. The lowest BCUT2D eigenvalue weighted by atomic mass is 10.0. The van der Waals surface area contributed by atoms with E-state index in [1.165, 1.54) is 11.1 Å². The minimum absolute atomic E-state index is 0.0988. The fourth-order valence-corrected chi connectivity index (χ4v) is 3.32. The monoisotopic (exact) mass is 332 g/mol. The zero-order chi connectivity index (χ0) is 17.4. The maximum absolute atomic E-state index is 11.9. The van der Waals surface area contributed by atoms with Crippen LogP contribution in [0.25, 0.3) is 0 Å². The first-order chi connectivity index (χ1) is 11.6. The Morgan fingerprint density at radius 1 is 1.29 bits per heavy atom. The summed E-state index contributed by atoms with van der Waals surface area (Å²) >= 11 is 0. The Bertz CT molecular complexity index is 499. The van der Waals surface area contributed by atoms with Crippen LogP contribution in [0.4, 0.5) is 0 Å². The summed E-state index contributed by atoms with van der Waals surface area (Å²) in [6.07, 6.45) is 3.80. The molecule has 4 nitrogen and oxygen atoms in total. The number of piperidine rings is 1. The number of nitrogens with one attached hydrogen (secondary N) is 1. The first-order valence-electron chi connectivity index (χ1n) is 9.15. The molecule has 1 amide bonds. The van der Waals surface area contributed by atoms with Crippen LogP contribution in [0, 0.1) is 5.92 Å². The molecule has 0 radical (unpaired) electrons. The van der Waals surface area contributed by atoms with E-state index in [4.69, 9.17) is 4.74 Å². The first kappa shape index (κ1) is 18.9. The second-order valence-corrected chi connectivity index (χ2v) is 7.30. The summed E-state index contributed by atoms with van der Waals surface area (Å²) in [5.74, 6) is 0.794. The Balaban J connectivity index is 1.80. The normalized spacial score (nSPS) is 18.8. The van der Waals surface area contributed by atoms with Crippen molar-refractivity contribution >= 4 is 5.91 Å². The van der Waals surface area contributed by atoms with Gasteiger partial charge in [0.1, 0.15) is 0 Å². The number of methoxy groups -OCH3 is 1. The fraction of sp³-hybridized carbons (Fsp3) is 0.650. The van der Waals surface area contributed by atoms with Crippen LogP contribution in [0.1, 0.15) is 44.2 Å². The number of hydrogen-bond acceptors (Lipinski definition) is 3. The van der Waals surface area contributed by atoms with Gasteiger partial charge in [0.2, 0.25) is 5.91 Å². The van der Waals surface area contributed by atoms with Gasteiger partial charge in [0, 0.05) is 32.7 Å². The zero-order valence-corrected chi connectivity index (χ0v) is 15.4. The van der Waals surface area contributed by atoms with Gasteiger partial charge in [-0.05, 0) is 42.9 Å². The molecule has 1 saturated heterocycles. The van der Waals surface area contributed by atoms with E-state index in [1.807, 2.05) is 0 Å². The Morgan fingerprint density at radius 2 is 2.00 bits per heavy atom. The zero-order valence-electron chi connectivity index (χ0n) is 15.4. The summed E-state index contributed by atoms with van der Waals surface area (Å²) < 4.78 is 4.96. The highest BCUT2D eigenvalue weighted by Gasteiger charge is 2.21. The van der Waals surface area contributed by atoms with Gasteiger partial charge in [-0.1, -0.05) is 38.1 Å². The highest BCUT2D eigenvalue weighted by molar-refractivity contribution is 5.76. The second kappa shape index (κ2) is 9.80. The summed E-state index contributed by atoms with van der Waals surface area (Å²) in [6.45, 7) is 8.01. The predicted molar refractivity (Wildman–Crippen MR) is 97.9 cm³/mol. The molecule has 24 heavy (non-hydrogen) atoms. The van der Waals surface area contributed by atoms with E-state index >= 15 is 0 Å². The van der Waals surface area contributed by atoms with Crippen molar-refractivity contribution in [3.63, 3.8) is 0 Å². The summed E-state index contributed by atoms with van der Waals surface area (Å²) in [4.78, 5) is 14.3. The van der Waals surface area contributed by atoms with E-state index in [-0.39, 0.29) is 11.9 Å². The molecule has 4 heteroatoms. The van der Waals surface area contributed by atoms with Gasteiger partial charge in [0.15, 0.2) is 0 Å². The molecule has 1 fully saturated rings. The van der Waals surface area contributed by atoms with Crippen LogP contribution in [0.3, 0.4) is 0 Å². The Hall–Kier alpha value is -1.39. The Labute approximate surface area is 146 Å². The van der Waals surface area contributed by atoms with Crippen LogP contribution in [0.2, 0.25) is 0 Å². The van der Waals surface area contributed by atoms with Crippen molar-refractivity contribution in [3.8, 4) is 0 Å².